The molecule has 1 N–H and O–H groups in total. The van der Waals surface area contributed by atoms with Gasteiger partial charge in [0.05, 0.1) is 103 Å². The van der Waals surface area contributed by atoms with Crippen molar-refractivity contribution in [3.8, 4) is 68.1 Å². The molecule has 3 saturated heterocycles. The molecule has 6 unspecified atom stereocenters. The molecule has 6 aromatic carbocycles. The second-order valence-corrected chi connectivity index (χ2v) is 31.7. The number of halogens is 3. The minimum Gasteiger partial charge on any atom is -0.496 e. The van der Waals surface area contributed by atoms with Crippen LogP contribution in [0.5, 0.6) is 17.2 Å². The van der Waals surface area contributed by atoms with Gasteiger partial charge in [-0.1, -0.05) is 54.6 Å². The molecular formula is C80H79Br3N12O11S3. The highest BCUT2D eigenvalue weighted by Crippen LogP contribution is 2.41. The molecule has 0 saturated carbocycles. The van der Waals surface area contributed by atoms with Gasteiger partial charge in [-0.25, -0.2) is 14.0 Å². The van der Waals surface area contributed by atoms with Gasteiger partial charge in [0, 0.05) is 98.2 Å². The highest BCUT2D eigenvalue weighted by atomic mass is 79.9. The lowest BCUT2D eigenvalue weighted by molar-refractivity contribution is -0.134. The molecule has 6 atom stereocenters. The summed E-state index contributed by atoms with van der Waals surface area (Å²) in [6.45, 7) is 17.6. The predicted molar refractivity (Wildman–Crippen MR) is 442 cm³/mol. The topological polar surface area (TPSA) is 244 Å². The van der Waals surface area contributed by atoms with Crippen LogP contribution in [-0.4, -0.2) is 186 Å². The Hall–Kier alpha value is -9.17. The normalized spacial score (nSPS) is 20.9. The van der Waals surface area contributed by atoms with E-state index in [1.165, 1.54) is 35.3 Å². The van der Waals surface area contributed by atoms with Crippen molar-refractivity contribution in [2.45, 2.75) is 85.1 Å². The number of aliphatic imine (C=N–C) groups is 3. The van der Waals surface area contributed by atoms with Crippen molar-refractivity contribution in [1.82, 2.24) is 44.0 Å². The van der Waals surface area contributed by atoms with Crippen LogP contribution in [0.2, 0.25) is 0 Å². The van der Waals surface area contributed by atoms with Crippen molar-refractivity contribution < 1.29 is 52.7 Å². The van der Waals surface area contributed by atoms with Crippen molar-refractivity contribution in [3.05, 3.63) is 209 Å². The van der Waals surface area contributed by atoms with Crippen LogP contribution in [0.15, 0.2) is 207 Å². The van der Waals surface area contributed by atoms with E-state index >= 15 is 0 Å². The first-order valence-electron chi connectivity index (χ1n) is 34.9. The molecule has 6 aliphatic rings. The van der Waals surface area contributed by atoms with Crippen molar-refractivity contribution in [2.24, 2.45) is 15.0 Å². The Labute approximate surface area is 669 Å². The fourth-order valence-electron chi connectivity index (χ4n) is 12.8. The second kappa shape index (κ2) is 36.1. The van der Waals surface area contributed by atoms with Gasteiger partial charge in [-0.05, 0) is 234 Å². The van der Waals surface area contributed by atoms with Gasteiger partial charge >= 0.3 is 0 Å². The van der Waals surface area contributed by atoms with Gasteiger partial charge in [0.2, 0.25) is 0 Å². The third-order valence-electron chi connectivity index (χ3n) is 17.3. The van der Waals surface area contributed by atoms with Crippen LogP contribution < -0.4 is 14.2 Å². The maximum atomic E-state index is 12.9. The summed E-state index contributed by atoms with van der Waals surface area (Å²) in [5.74, 6) is 0.697. The number of amides is 3. The number of nitrogens with zero attached hydrogens (tertiary/aromatic N) is 12. The molecule has 0 spiro atoms. The zero-order valence-corrected chi connectivity index (χ0v) is 68.5. The Morgan fingerprint density at radius 1 is 0.422 bits per heavy atom. The van der Waals surface area contributed by atoms with Crippen molar-refractivity contribution in [2.75, 3.05) is 60.6 Å². The van der Waals surface area contributed by atoms with Crippen LogP contribution in [0.1, 0.15) is 65.2 Å². The molecule has 564 valence electrons. The number of aromatic nitrogens is 6. The van der Waals surface area contributed by atoms with E-state index in [-0.39, 0.29) is 54.3 Å². The SMILES string of the molecule is CC(=O)O.COc1ccc(-c2nn(-c3ccccc3)cc2/C=C2\SC(N3CC(C)OC(C)C3)=NC2=O)cc1Br.COc1ccc(-c2nn(-c3ccccc3)cc2/C=C2\SC(N3CC(C)OC(C)C3)=NC2=O)cc1Br.COc1ccc(-c2nn(-c3ccccc3)cc2/C=C2\SC(N3CC(C)OC(C)C3)=NC2=O)cc1Br. The molecule has 0 aliphatic carbocycles. The molecule has 9 aromatic rings. The smallest absolute Gasteiger partial charge is 0.300 e. The van der Waals surface area contributed by atoms with Crippen molar-refractivity contribution >= 4 is 140 Å². The minimum absolute atomic E-state index is 0.0920. The standard InChI is InChI=1S/3C26H25BrN4O3S.C2H4O2/c3*1-16-13-30(14-17(2)34-16)26-28-25(32)23(35-26)12-19-15-31(20-7-5-4-6-8-20)29-24(19)18-9-10-22(33-3)21(27)11-18;1-2(3)4/h3*4-12,15-17H,13-14H2,1-3H3;1H3,(H,3,4)/b3*23-12-;. The molecule has 0 bridgehead atoms. The zero-order valence-electron chi connectivity index (χ0n) is 61.3. The number of para-hydroxylation sites is 3. The number of benzene rings is 6. The Kier molecular flexibility index (Phi) is 26.3. The largest absolute Gasteiger partial charge is 0.496 e. The van der Waals surface area contributed by atoms with E-state index in [4.69, 9.17) is 53.6 Å². The van der Waals surface area contributed by atoms with E-state index < -0.39 is 5.97 Å². The number of thioether (sulfide) groups is 3. The molecule has 3 fully saturated rings. The van der Waals surface area contributed by atoms with Gasteiger partial charge in [0.1, 0.15) is 34.3 Å². The first-order chi connectivity index (χ1) is 52.5. The number of methoxy groups -OCH3 is 3. The van der Waals surface area contributed by atoms with E-state index in [1.807, 2.05) is 238 Å². The van der Waals surface area contributed by atoms with Gasteiger partial charge in [-0.15, -0.1) is 0 Å². The van der Waals surface area contributed by atoms with Gasteiger partial charge in [0.25, 0.3) is 23.7 Å². The molecule has 0 radical (unpaired) electrons. The highest BCUT2D eigenvalue weighted by molar-refractivity contribution is 9.11. The zero-order chi connectivity index (χ0) is 77.2. The van der Waals surface area contributed by atoms with Crippen LogP contribution >= 0.6 is 83.1 Å². The third kappa shape index (κ3) is 19.9. The Balaban J connectivity index is 0.000000149. The molecule has 109 heavy (non-hydrogen) atoms. The summed E-state index contributed by atoms with van der Waals surface area (Å²) in [6.07, 6.45) is 12.0. The molecule has 15 rings (SSSR count). The van der Waals surface area contributed by atoms with Gasteiger partial charge < -0.3 is 48.2 Å². The quantitative estimate of drug-likeness (QED) is 0.112. The number of carbonyl (C=O) groups is 4. The van der Waals surface area contributed by atoms with Crippen molar-refractivity contribution in [1.29, 1.82) is 0 Å². The van der Waals surface area contributed by atoms with Gasteiger partial charge in [-0.3, -0.25) is 19.2 Å². The average molecular weight is 1720 g/mol. The van der Waals surface area contributed by atoms with E-state index in [1.54, 1.807) is 21.3 Å². The van der Waals surface area contributed by atoms with Crippen LogP contribution in [0.25, 0.3) is 69.1 Å². The maximum absolute atomic E-state index is 12.9. The highest BCUT2D eigenvalue weighted by Gasteiger charge is 2.35. The third-order valence-corrected chi connectivity index (χ3v) is 22.3. The summed E-state index contributed by atoms with van der Waals surface area (Å²) in [6, 6.07) is 47.2. The van der Waals surface area contributed by atoms with Crippen LogP contribution in [0.3, 0.4) is 0 Å². The minimum atomic E-state index is -0.833. The number of aliphatic carboxylic acids is 1. The van der Waals surface area contributed by atoms with Crippen LogP contribution in [0, 0.1) is 0 Å². The summed E-state index contributed by atoms with van der Waals surface area (Å²) in [5.41, 5.74) is 10.3. The fourth-order valence-corrected chi connectivity index (χ4v) is 17.1. The molecule has 6 aliphatic heterocycles. The summed E-state index contributed by atoms with van der Waals surface area (Å²) >= 11 is 14.9. The number of hydrogen-bond donors (Lipinski definition) is 1. The maximum Gasteiger partial charge on any atom is 0.300 e. The average Bonchev–Trinajstić information content (AvgIpc) is 1.66. The lowest BCUT2D eigenvalue weighted by Gasteiger charge is -2.35. The Bertz CT molecular complexity index is 4530. The monoisotopic (exact) mass is 1720 g/mol. The van der Waals surface area contributed by atoms with Gasteiger partial charge in [-0.2, -0.15) is 30.3 Å². The lowest BCUT2D eigenvalue weighted by Crippen LogP contribution is -2.47. The molecule has 3 aromatic heterocycles. The summed E-state index contributed by atoms with van der Waals surface area (Å²) < 4.78 is 41.6. The van der Waals surface area contributed by atoms with E-state index in [0.29, 0.717) is 54.0 Å². The first-order valence-corrected chi connectivity index (χ1v) is 39.7. The summed E-state index contributed by atoms with van der Waals surface area (Å²) in [5, 5.41) is 24.2. The number of amidine groups is 3. The van der Waals surface area contributed by atoms with Crippen molar-refractivity contribution in [3.63, 3.8) is 0 Å². The first kappa shape index (κ1) is 79.4. The summed E-state index contributed by atoms with van der Waals surface area (Å²) in [7, 11) is 4.91. The van der Waals surface area contributed by atoms with Crippen LogP contribution in [0.4, 0.5) is 0 Å². The van der Waals surface area contributed by atoms with Gasteiger partial charge in [0.15, 0.2) is 15.5 Å². The Morgan fingerprint density at radius 2 is 0.661 bits per heavy atom. The number of hydrogen-bond acceptors (Lipinski definition) is 19. The summed E-state index contributed by atoms with van der Waals surface area (Å²) in [4.78, 5) is 68.8. The number of ether oxygens (including phenoxy) is 6. The fraction of sp³-hybridized carbons (Fsp3) is 0.275. The van der Waals surface area contributed by atoms with E-state index in [9.17, 15) is 14.4 Å². The number of carboxylic acid groups (broad SMARTS) is 1. The number of morpholine rings is 3. The lowest BCUT2D eigenvalue weighted by atomic mass is 10.1. The molecule has 9 heterocycles. The Morgan fingerprint density at radius 3 is 0.881 bits per heavy atom. The number of carbonyl (C=O) groups excluding carboxylic acids is 3. The molecule has 3 amide bonds. The van der Waals surface area contributed by atoms with E-state index in [2.05, 4.69) is 77.5 Å². The predicted octanol–water partition coefficient (Wildman–Crippen LogP) is 16.3. The van der Waals surface area contributed by atoms with E-state index in [0.717, 1.165) is 121 Å². The number of rotatable bonds is 12. The number of carboxylic acids is 1. The molecular weight excluding hydrogens is 1640 g/mol. The van der Waals surface area contributed by atoms with Crippen LogP contribution in [-0.2, 0) is 33.4 Å². The molecule has 29 heteroatoms. The molecule has 23 nitrogen and oxygen atoms in total. The second-order valence-electron chi connectivity index (χ2n) is 26.1.